The smallest absolute Gasteiger partial charge is 0.199 e. The van der Waals surface area contributed by atoms with E-state index in [1.165, 1.54) is 12.8 Å². The van der Waals surface area contributed by atoms with Gasteiger partial charge in [0, 0.05) is 12.8 Å². The van der Waals surface area contributed by atoms with E-state index in [4.69, 9.17) is 18.9 Å². The average Bonchev–Trinajstić information content (AvgIpc) is 2.51. The first-order chi connectivity index (χ1) is 9.90. The van der Waals surface area contributed by atoms with E-state index < -0.39 is 0 Å². The number of hydrogen-bond acceptors (Lipinski definition) is 4. The van der Waals surface area contributed by atoms with E-state index >= 15 is 0 Å². The van der Waals surface area contributed by atoms with Crippen molar-refractivity contribution in [2.75, 3.05) is 13.2 Å². The normalized spacial score (nSPS) is 27.0. The summed E-state index contributed by atoms with van der Waals surface area (Å²) in [5, 5.41) is 0. The van der Waals surface area contributed by atoms with Gasteiger partial charge in [0.25, 0.3) is 0 Å². The van der Waals surface area contributed by atoms with Crippen LogP contribution >= 0.6 is 0 Å². The quantitative estimate of drug-likeness (QED) is 0.844. The summed E-state index contributed by atoms with van der Waals surface area (Å²) in [6, 6.07) is 7.71. The van der Waals surface area contributed by atoms with Crippen molar-refractivity contribution < 1.29 is 18.9 Å². The van der Waals surface area contributed by atoms with Crippen LogP contribution in [0.1, 0.15) is 38.5 Å². The van der Waals surface area contributed by atoms with Crippen molar-refractivity contribution >= 4 is 0 Å². The zero-order valence-electron chi connectivity index (χ0n) is 11.8. The summed E-state index contributed by atoms with van der Waals surface area (Å²) in [6.07, 6.45) is 6.34. The van der Waals surface area contributed by atoms with Gasteiger partial charge in [-0.25, -0.2) is 0 Å². The Balaban J connectivity index is 1.51. The fourth-order valence-corrected chi connectivity index (χ4v) is 2.51. The Morgan fingerprint density at radius 2 is 1.15 bits per heavy atom. The number of rotatable bonds is 4. The number of ether oxygens (including phenoxy) is 4. The van der Waals surface area contributed by atoms with Gasteiger partial charge in [-0.3, -0.25) is 0 Å². The van der Waals surface area contributed by atoms with Gasteiger partial charge in [0.15, 0.2) is 12.6 Å². The van der Waals surface area contributed by atoms with E-state index in [1.807, 2.05) is 24.3 Å². The minimum Gasteiger partial charge on any atom is -0.465 e. The van der Waals surface area contributed by atoms with Gasteiger partial charge in [-0.05, 0) is 49.9 Å². The highest BCUT2D eigenvalue weighted by molar-refractivity contribution is 5.31. The Hall–Kier alpha value is -1.26. The van der Waals surface area contributed by atoms with Gasteiger partial charge < -0.3 is 18.9 Å². The van der Waals surface area contributed by atoms with Crippen LogP contribution in [-0.2, 0) is 9.47 Å². The molecule has 4 heteroatoms. The first-order valence-corrected chi connectivity index (χ1v) is 7.57. The van der Waals surface area contributed by atoms with Crippen LogP contribution in [-0.4, -0.2) is 25.8 Å². The van der Waals surface area contributed by atoms with E-state index in [-0.39, 0.29) is 12.6 Å². The molecule has 20 heavy (non-hydrogen) atoms. The van der Waals surface area contributed by atoms with Crippen LogP contribution in [0.5, 0.6) is 11.5 Å². The highest BCUT2D eigenvalue weighted by Crippen LogP contribution is 2.24. The maximum absolute atomic E-state index is 5.79. The predicted octanol–water partition coefficient (Wildman–Crippen LogP) is 3.50. The predicted molar refractivity (Wildman–Crippen MR) is 74.9 cm³/mol. The van der Waals surface area contributed by atoms with Crippen molar-refractivity contribution in [3.63, 3.8) is 0 Å². The molecule has 2 heterocycles. The van der Waals surface area contributed by atoms with E-state index in [2.05, 4.69) is 0 Å². The minimum absolute atomic E-state index is 0.0998. The zero-order valence-corrected chi connectivity index (χ0v) is 11.8. The molecule has 1 aromatic carbocycles. The van der Waals surface area contributed by atoms with Gasteiger partial charge in [-0.1, -0.05) is 0 Å². The number of hydrogen-bond donors (Lipinski definition) is 0. The van der Waals surface area contributed by atoms with Gasteiger partial charge in [0.1, 0.15) is 11.5 Å². The Kier molecular flexibility index (Phi) is 4.77. The van der Waals surface area contributed by atoms with Gasteiger partial charge in [0.05, 0.1) is 13.2 Å². The van der Waals surface area contributed by atoms with Gasteiger partial charge in [0.2, 0.25) is 0 Å². The van der Waals surface area contributed by atoms with Crippen molar-refractivity contribution in [2.24, 2.45) is 0 Å². The van der Waals surface area contributed by atoms with Crippen LogP contribution < -0.4 is 9.47 Å². The van der Waals surface area contributed by atoms with Crippen LogP contribution in [0.2, 0.25) is 0 Å². The molecule has 0 bridgehead atoms. The lowest BCUT2D eigenvalue weighted by Crippen LogP contribution is -2.25. The maximum Gasteiger partial charge on any atom is 0.199 e. The van der Waals surface area contributed by atoms with Crippen molar-refractivity contribution in [1.29, 1.82) is 0 Å². The molecule has 3 rings (SSSR count). The molecular weight excluding hydrogens is 256 g/mol. The fraction of sp³-hybridized carbons (Fsp3) is 0.625. The molecule has 4 nitrogen and oxygen atoms in total. The summed E-state index contributed by atoms with van der Waals surface area (Å²) in [5.74, 6) is 1.66. The third kappa shape index (κ3) is 3.87. The fourth-order valence-electron chi connectivity index (χ4n) is 2.51. The van der Waals surface area contributed by atoms with Crippen molar-refractivity contribution in [3.8, 4) is 11.5 Å². The lowest BCUT2D eigenvalue weighted by Gasteiger charge is -2.24. The Labute approximate surface area is 120 Å². The molecule has 0 N–H and O–H groups in total. The second-order valence-corrected chi connectivity index (χ2v) is 5.30. The topological polar surface area (TPSA) is 36.9 Å². The molecule has 0 saturated carbocycles. The second-order valence-electron chi connectivity index (χ2n) is 5.30. The van der Waals surface area contributed by atoms with Crippen molar-refractivity contribution in [3.05, 3.63) is 24.3 Å². The maximum atomic E-state index is 5.79. The molecule has 2 aliphatic rings. The zero-order chi connectivity index (χ0) is 13.6. The monoisotopic (exact) mass is 278 g/mol. The highest BCUT2D eigenvalue weighted by atomic mass is 16.7. The largest absolute Gasteiger partial charge is 0.465 e. The molecule has 0 radical (unpaired) electrons. The van der Waals surface area contributed by atoms with Crippen molar-refractivity contribution in [2.45, 2.75) is 51.1 Å². The standard InChI is InChI=1S/C16H22O4/c1-3-11-17-15(5-1)19-13-7-9-14(10-8-13)20-16-6-2-4-12-18-16/h7-10,15-16H,1-6,11-12H2/t15-,16+. The molecule has 2 aliphatic heterocycles. The van der Waals surface area contributed by atoms with Gasteiger partial charge in [-0.2, -0.15) is 0 Å². The third-order valence-electron chi connectivity index (χ3n) is 3.63. The van der Waals surface area contributed by atoms with Crippen LogP contribution in [0.3, 0.4) is 0 Å². The molecule has 110 valence electrons. The summed E-state index contributed by atoms with van der Waals surface area (Å²) in [6.45, 7) is 1.59. The SMILES string of the molecule is c1cc(O[C@H]2CCCCO2)ccc1O[C@@H]1CCCCO1. The highest BCUT2D eigenvalue weighted by Gasteiger charge is 2.16. The molecule has 0 spiro atoms. The molecule has 2 atom stereocenters. The second kappa shape index (κ2) is 6.95. The Morgan fingerprint density at radius 1 is 0.700 bits per heavy atom. The first kappa shape index (κ1) is 13.7. The van der Waals surface area contributed by atoms with Crippen LogP contribution in [0.15, 0.2) is 24.3 Å². The average molecular weight is 278 g/mol. The van der Waals surface area contributed by atoms with Gasteiger partial charge >= 0.3 is 0 Å². The summed E-state index contributed by atoms with van der Waals surface area (Å²) in [4.78, 5) is 0. The lowest BCUT2D eigenvalue weighted by molar-refractivity contribution is -0.107. The number of benzene rings is 1. The van der Waals surface area contributed by atoms with E-state index in [1.54, 1.807) is 0 Å². The van der Waals surface area contributed by atoms with Crippen LogP contribution in [0.25, 0.3) is 0 Å². The molecule has 1 aromatic rings. The Morgan fingerprint density at radius 3 is 1.50 bits per heavy atom. The van der Waals surface area contributed by atoms with E-state index in [9.17, 15) is 0 Å². The molecule has 0 amide bonds. The summed E-state index contributed by atoms with van der Waals surface area (Å²) < 4.78 is 22.7. The van der Waals surface area contributed by atoms with Gasteiger partial charge in [-0.15, -0.1) is 0 Å². The molecule has 2 fully saturated rings. The Bertz CT molecular complexity index is 352. The summed E-state index contributed by atoms with van der Waals surface area (Å²) in [5.41, 5.74) is 0. The molecule has 0 unspecified atom stereocenters. The summed E-state index contributed by atoms with van der Waals surface area (Å²) >= 11 is 0. The molecule has 2 saturated heterocycles. The minimum atomic E-state index is -0.0998. The van der Waals surface area contributed by atoms with E-state index in [0.717, 1.165) is 50.4 Å². The first-order valence-electron chi connectivity index (χ1n) is 7.57. The van der Waals surface area contributed by atoms with Crippen molar-refractivity contribution in [1.82, 2.24) is 0 Å². The van der Waals surface area contributed by atoms with Crippen LogP contribution in [0.4, 0.5) is 0 Å². The van der Waals surface area contributed by atoms with Crippen LogP contribution in [0, 0.1) is 0 Å². The lowest BCUT2D eigenvalue weighted by atomic mass is 10.2. The summed E-state index contributed by atoms with van der Waals surface area (Å²) in [7, 11) is 0. The molecule has 0 aliphatic carbocycles. The molecular formula is C16H22O4. The molecule has 0 aromatic heterocycles. The van der Waals surface area contributed by atoms with E-state index in [0.29, 0.717) is 0 Å². The third-order valence-corrected chi connectivity index (χ3v) is 3.63.